The summed E-state index contributed by atoms with van der Waals surface area (Å²) in [5.74, 6) is -0.705. The van der Waals surface area contributed by atoms with E-state index in [1.54, 1.807) is 14.0 Å². The third-order valence-electron chi connectivity index (χ3n) is 5.72. The summed E-state index contributed by atoms with van der Waals surface area (Å²) in [5.41, 5.74) is 1.79. The van der Waals surface area contributed by atoms with Crippen LogP contribution < -0.4 is 10.1 Å². The van der Waals surface area contributed by atoms with Crippen molar-refractivity contribution in [2.75, 3.05) is 13.7 Å². The first-order valence-corrected chi connectivity index (χ1v) is 10.6. The molecule has 2 atom stereocenters. The molecule has 3 aromatic rings. The van der Waals surface area contributed by atoms with Crippen LogP contribution in [0.15, 0.2) is 54.7 Å². The molecule has 9 nitrogen and oxygen atoms in total. The lowest BCUT2D eigenvalue weighted by Crippen LogP contribution is -2.43. The van der Waals surface area contributed by atoms with E-state index in [-0.39, 0.29) is 25.1 Å². The number of aliphatic hydroxyl groups is 1. The van der Waals surface area contributed by atoms with Gasteiger partial charge in [0.15, 0.2) is 5.69 Å². The number of aliphatic carboxylic acids is 1. The number of carboxylic acids is 1. The number of amides is 1. The number of para-hydroxylation sites is 1. The van der Waals surface area contributed by atoms with Crippen molar-refractivity contribution in [2.24, 2.45) is 5.41 Å². The Morgan fingerprint density at radius 1 is 1.18 bits per heavy atom. The summed E-state index contributed by atoms with van der Waals surface area (Å²) < 4.78 is 5.44. The molecule has 9 heteroatoms. The molecule has 0 saturated heterocycles. The molecular weight excluding hydrogens is 424 g/mol. The number of methoxy groups -OCH3 is 1. The van der Waals surface area contributed by atoms with E-state index in [2.05, 4.69) is 20.7 Å². The van der Waals surface area contributed by atoms with Crippen LogP contribution in [0.5, 0.6) is 5.75 Å². The number of aromatic nitrogens is 3. The highest BCUT2D eigenvalue weighted by molar-refractivity contribution is 5.92. The highest BCUT2D eigenvalue weighted by Gasteiger charge is 2.36. The van der Waals surface area contributed by atoms with Crippen molar-refractivity contribution in [1.29, 1.82) is 0 Å². The molecule has 33 heavy (non-hydrogen) atoms. The van der Waals surface area contributed by atoms with Gasteiger partial charge in [-0.15, -0.1) is 5.10 Å². The quantitative estimate of drug-likeness (QED) is 0.351. The van der Waals surface area contributed by atoms with Gasteiger partial charge in [-0.3, -0.25) is 14.7 Å². The van der Waals surface area contributed by atoms with E-state index < -0.39 is 23.3 Å². The fraction of sp³-hybridized carbons (Fsp3) is 0.333. The first kappa shape index (κ1) is 23.9. The maximum absolute atomic E-state index is 12.6. The number of carbonyl (C=O) groups excluding carboxylic acids is 1. The smallest absolute Gasteiger partial charge is 0.309 e. The van der Waals surface area contributed by atoms with Crippen molar-refractivity contribution < 1.29 is 24.5 Å². The van der Waals surface area contributed by atoms with Crippen LogP contribution >= 0.6 is 0 Å². The van der Waals surface area contributed by atoms with E-state index in [0.717, 1.165) is 22.4 Å². The topological polar surface area (TPSA) is 137 Å². The minimum Gasteiger partial charge on any atom is -0.496 e. The Labute approximate surface area is 191 Å². The molecule has 2 aromatic carbocycles. The molecule has 1 amide bonds. The molecule has 1 aromatic heterocycles. The van der Waals surface area contributed by atoms with E-state index >= 15 is 0 Å². The maximum atomic E-state index is 12.6. The van der Waals surface area contributed by atoms with E-state index in [0.29, 0.717) is 6.42 Å². The zero-order chi connectivity index (χ0) is 23.8. The number of H-pyrrole nitrogens is 1. The highest BCUT2D eigenvalue weighted by atomic mass is 16.5. The van der Waals surface area contributed by atoms with Crippen molar-refractivity contribution in [3.8, 4) is 16.9 Å². The summed E-state index contributed by atoms with van der Waals surface area (Å²) in [6.45, 7) is 1.31. The Morgan fingerprint density at radius 3 is 2.52 bits per heavy atom. The molecule has 0 aliphatic rings. The number of hydrogen-bond acceptors (Lipinski definition) is 6. The van der Waals surface area contributed by atoms with Gasteiger partial charge >= 0.3 is 5.97 Å². The number of nitrogens with zero attached hydrogens (tertiary/aromatic N) is 2. The van der Waals surface area contributed by atoms with Crippen molar-refractivity contribution >= 4 is 11.9 Å². The van der Waals surface area contributed by atoms with Gasteiger partial charge in [0.05, 0.1) is 18.7 Å². The van der Waals surface area contributed by atoms with Gasteiger partial charge < -0.3 is 20.3 Å². The number of benzene rings is 2. The van der Waals surface area contributed by atoms with Gasteiger partial charge in [0.1, 0.15) is 5.75 Å². The molecule has 0 bridgehead atoms. The second-order valence-electron chi connectivity index (χ2n) is 8.17. The zero-order valence-electron chi connectivity index (χ0n) is 18.6. The monoisotopic (exact) mass is 452 g/mol. The Hall–Kier alpha value is -3.72. The summed E-state index contributed by atoms with van der Waals surface area (Å²) in [7, 11) is 1.63. The molecule has 0 radical (unpaired) electrons. The van der Waals surface area contributed by atoms with Gasteiger partial charge in [0.25, 0.3) is 5.91 Å². The predicted octanol–water partition coefficient (Wildman–Crippen LogP) is 2.68. The lowest BCUT2D eigenvalue weighted by atomic mass is 9.79. The van der Waals surface area contributed by atoms with Gasteiger partial charge in [-0.2, -0.15) is 0 Å². The average molecular weight is 453 g/mol. The molecule has 0 spiro atoms. The van der Waals surface area contributed by atoms with Crippen LogP contribution in [-0.2, 0) is 11.2 Å². The molecule has 0 aliphatic carbocycles. The molecule has 3 rings (SSSR count). The first-order chi connectivity index (χ1) is 15.9. The Balaban J connectivity index is 1.82. The third kappa shape index (κ3) is 5.95. The SMILES string of the molecule is COc1ccccc1-c1ccc(C[C@H](CC(C)(CCO)C(=O)O)NC(=O)c2c[nH]nn2)cc1. The Morgan fingerprint density at radius 2 is 1.91 bits per heavy atom. The Bertz CT molecular complexity index is 1070. The fourth-order valence-electron chi connectivity index (χ4n) is 3.82. The van der Waals surface area contributed by atoms with Gasteiger partial charge in [0, 0.05) is 18.2 Å². The van der Waals surface area contributed by atoms with Gasteiger partial charge in [-0.1, -0.05) is 47.7 Å². The number of rotatable bonds is 11. The normalized spacial score (nSPS) is 13.7. The molecular formula is C24H28N4O5. The number of nitrogens with one attached hydrogen (secondary N) is 2. The Kier molecular flexibility index (Phi) is 7.78. The lowest BCUT2D eigenvalue weighted by Gasteiger charge is -2.29. The lowest BCUT2D eigenvalue weighted by molar-refractivity contribution is -0.149. The highest BCUT2D eigenvalue weighted by Crippen LogP contribution is 2.31. The average Bonchev–Trinajstić information content (AvgIpc) is 3.35. The fourth-order valence-corrected chi connectivity index (χ4v) is 3.82. The van der Waals surface area contributed by atoms with E-state index in [1.807, 2.05) is 48.5 Å². The largest absolute Gasteiger partial charge is 0.496 e. The second-order valence-corrected chi connectivity index (χ2v) is 8.17. The van der Waals surface area contributed by atoms with Gasteiger partial charge in [0.2, 0.25) is 0 Å². The molecule has 4 N–H and O–H groups in total. The van der Waals surface area contributed by atoms with Crippen molar-refractivity contribution in [3.05, 3.63) is 66.0 Å². The van der Waals surface area contributed by atoms with Crippen LogP contribution in [0, 0.1) is 5.41 Å². The molecule has 1 heterocycles. The number of aliphatic hydroxyl groups excluding tert-OH is 1. The molecule has 174 valence electrons. The van der Waals surface area contributed by atoms with Crippen LogP contribution in [0.3, 0.4) is 0 Å². The van der Waals surface area contributed by atoms with Crippen LogP contribution in [0.1, 0.15) is 35.8 Å². The summed E-state index contributed by atoms with van der Waals surface area (Å²) in [5, 5.41) is 31.8. The summed E-state index contributed by atoms with van der Waals surface area (Å²) in [6, 6.07) is 15.0. The van der Waals surface area contributed by atoms with E-state index in [9.17, 15) is 19.8 Å². The molecule has 1 unspecified atom stereocenters. The predicted molar refractivity (Wildman–Crippen MR) is 122 cm³/mol. The minimum atomic E-state index is -1.20. The molecule has 0 fully saturated rings. The van der Waals surface area contributed by atoms with Crippen molar-refractivity contribution in [1.82, 2.24) is 20.7 Å². The van der Waals surface area contributed by atoms with Gasteiger partial charge in [-0.05, 0) is 43.4 Å². The number of aromatic amines is 1. The van der Waals surface area contributed by atoms with Crippen molar-refractivity contribution in [2.45, 2.75) is 32.2 Å². The number of ether oxygens (including phenoxy) is 1. The van der Waals surface area contributed by atoms with Crippen LogP contribution in [0.25, 0.3) is 11.1 Å². The standard InChI is InChI=1S/C24H28N4O5/c1-24(11-12-29,23(31)32)14-18(26-22(30)20-15-25-28-27-20)13-16-7-9-17(10-8-16)19-5-3-4-6-21(19)33-2/h3-10,15,18,29H,11-14H2,1-2H3,(H,26,30)(H,31,32)(H,25,27,28)/t18-,24?/m1/s1. The second kappa shape index (κ2) is 10.7. The van der Waals surface area contributed by atoms with Crippen LogP contribution in [-0.4, -0.2) is 57.3 Å². The van der Waals surface area contributed by atoms with E-state index in [4.69, 9.17) is 4.74 Å². The summed E-state index contributed by atoms with van der Waals surface area (Å²) >= 11 is 0. The first-order valence-electron chi connectivity index (χ1n) is 10.6. The summed E-state index contributed by atoms with van der Waals surface area (Å²) in [6.07, 6.45) is 1.99. The third-order valence-corrected chi connectivity index (χ3v) is 5.72. The van der Waals surface area contributed by atoms with Crippen LogP contribution in [0.4, 0.5) is 0 Å². The molecule has 0 aliphatic heterocycles. The zero-order valence-corrected chi connectivity index (χ0v) is 18.6. The maximum Gasteiger partial charge on any atom is 0.309 e. The van der Waals surface area contributed by atoms with Gasteiger partial charge in [-0.25, -0.2) is 0 Å². The number of carboxylic acid groups (broad SMARTS) is 1. The minimum absolute atomic E-state index is 0.0748. The molecule has 0 saturated carbocycles. The number of hydrogen-bond donors (Lipinski definition) is 4. The van der Waals surface area contributed by atoms with Crippen LogP contribution in [0.2, 0.25) is 0 Å². The van der Waals surface area contributed by atoms with E-state index in [1.165, 1.54) is 6.20 Å². The number of carbonyl (C=O) groups is 2. The summed E-state index contributed by atoms with van der Waals surface area (Å²) in [4.78, 5) is 24.5. The van der Waals surface area contributed by atoms with Crippen molar-refractivity contribution in [3.63, 3.8) is 0 Å².